The first kappa shape index (κ1) is 17.5. The predicted octanol–water partition coefficient (Wildman–Crippen LogP) is 4.12. The van der Waals surface area contributed by atoms with E-state index in [-0.39, 0.29) is 6.09 Å². The summed E-state index contributed by atoms with van der Waals surface area (Å²) in [5.74, 6) is 1.42. The monoisotopic (exact) mass is 341 g/mol. The smallest absolute Gasteiger partial charge is 0.410 e. The number of nitrogens with one attached hydrogen (secondary N) is 1. The molecule has 1 saturated heterocycles. The Labute approximate surface area is 149 Å². The number of rotatable bonds is 3. The van der Waals surface area contributed by atoms with Crippen LogP contribution in [0.5, 0.6) is 0 Å². The van der Waals surface area contributed by atoms with Crippen LogP contribution in [-0.4, -0.2) is 39.7 Å². The van der Waals surface area contributed by atoms with Gasteiger partial charge >= 0.3 is 6.09 Å². The number of carbonyl (C=O) groups excluding carboxylic acids is 1. The summed E-state index contributed by atoms with van der Waals surface area (Å²) < 4.78 is 5.46. The fraction of sp³-hybridized carbons (Fsp3) is 0.500. The molecule has 1 aliphatic heterocycles. The summed E-state index contributed by atoms with van der Waals surface area (Å²) in [6, 6.07) is 10.3. The Balaban J connectivity index is 1.54. The molecule has 134 valence electrons. The summed E-state index contributed by atoms with van der Waals surface area (Å²) in [5.41, 5.74) is 1.99. The van der Waals surface area contributed by atoms with Gasteiger partial charge in [0.2, 0.25) is 0 Å². The van der Waals surface area contributed by atoms with Crippen LogP contribution < -0.4 is 0 Å². The molecule has 25 heavy (non-hydrogen) atoms. The first-order chi connectivity index (χ1) is 11.9. The molecule has 2 heterocycles. The van der Waals surface area contributed by atoms with Gasteiger partial charge in [-0.2, -0.15) is 0 Å². The molecule has 0 bridgehead atoms. The van der Waals surface area contributed by atoms with E-state index in [9.17, 15) is 4.79 Å². The molecule has 5 nitrogen and oxygen atoms in total. The number of hydrogen-bond acceptors (Lipinski definition) is 3. The highest BCUT2D eigenvalue weighted by molar-refractivity contribution is 5.68. The highest BCUT2D eigenvalue weighted by atomic mass is 16.6. The van der Waals surface area contributed by atoms with Crippen molar-refractivity contribution in [3.63, 3.8) is 0 Å². The number of imidazole rings is 1. The highest BCUT2D eigenvalue weighted by Gasteiger charge is 2.28. The van der Waals surface area contributed by atoms with Crippen LogP contribution in [0.15, 0.2) is 36.5 Å². The third-order valence-corrected chi connectivity index (χ3v) is 4.45. The van der Waals surface area contributed by atoms with Crippen LogP contribution in [0.1, 0.15) is 56.6 Å². The molecule has 1 N–H and O–H groups in total. The van der Waals surface area contributed by atoms with Crippen molar-refractivity contribution in [2.45, 2.75) is 51.6 Å². The van der Waals surface area contributed by atoms with E-state index in [0.29, 0.717) is 5.92 Å². The number of hydrogen-bond donors (Lipinski definition) is 1. The van der Waals surface area contributed by atoms with Crippen LogP contribution in [0.25, 0.3) is 0 Å². The molecule has 0 radical (unpaired) electrons. The second-order valence-corrected chi connectivity index (χ2v) is 7.69. The Bertz CT molecular complexity index is 695. The zero-order chi connectivity index (χ0) is 17.9. The number of piperidine rings is 1. The summed E-state index contributed by atoms with van der Waals surface area (Å²) in [4.78, 5) is 22.0. The summed E-state index contributed by atoms with van der Waals surface area (Å²) in [5, 5.41) is 0. The average Bonchev–Trinajstić information content (AvgIpc) is 3.03. The van der Waals surface area contributed by atoms with Gasteiger partial charge in [0.05, 0.1) is 0 Å². The molecule has 0 saturated carbocycles. The van der Waals surface area contributed by atoms with E-state index in [1.807, 2.05) is 50.1 Å². The maximum Gasteiger partial charge on any atom is 0.410 e. The van der Waals surface area contributed by atoms with Gasteiger partial charge in [0.25, 0.3) is 0 Å². The second-order valence-electron chi connectivity index (χ2n) is 7.69. The van der Waals surface area contributed by atoms with Crippen molar-refractivity contribution >= 4 is 6.09 Å². The molecule has 1 aromatic carbocycles. The SMILES string of the molecule is CC(C)(C)OC(=O)N1CCC(c2cnc(Cc3ccccc3)[nH]2)CC1. The molecule has 1 aromatic heterocycles. The lowest BCUT2D eigenvalue weighted by Gasteiger charge is -2.33. The lowest BCUT2D eigenvalue weighted by atomic mass is 9.94. The van der Waals surface area contributed by atoms with Crippen molar-refractivity contribution in [1.29, 1.82) is 0 Å². The number of ether oxygens (including phenoxy) is 1. The number of amides is 1. The molecule has 1 aliphatic rings. The standard InChI is InChI=1S/C20H27N3O2/c1-20(2,3)25-19(24)23-11-9-16(10-12-23)17-14-21-18(22-17)13-15-7-5-4-6-8-15/h4-8,14,16H,9-13H2,1-3H3,(H,21,22). The van der Waals surface area contributed by atoms with Gasteiger partial charge in [-0.1, -0.05) is 30.3 Å². The third-order valence-electron chi connectivity index (χ3n) is 4.45. The maximum atomic E-state index is 12.1. The highest BCUT2D eigenvalue weighted by Crippen LogP contribution is 2.27. The summed E-state index contributed by atoms with van der Waals surface area (Å²) in [6.45, 7) is 7.16. The molecule has 1 amide bonds. The lowest BCUT2D eigenvalue weighted by Crippen LogP contribution is -2.41. The normalized spacial score (nSPS) is 16.0. The molecule has 3 rings (SSSR count). The zero-order valence-corrected chi connectivity index (χ0v) is 15.3. The molecule has 0 aliphatic carbocycles. The largest absolute Gasteiger partial charge is 0.444 e. The van der Waals surface area contributed by atoms with E-state index in [1.165, 1.54) is 11.3 Å². The lowest BCUT2D eigenvalue weighted by molar-refractivity contribution is 0.0204. The average molecular weight is 341 g/mol. The minimum atomic E-state index is -0.441. The van der Waals surface area contributed by atoms with Gasteiger partial charge in [0, 0.05) is 37.3 Å². The van der Waals surface area contributed by atoms with Crippen LogP contribution in [0.2, 0.25) is 0 Å². The van der Waals surface area contributed by atoms with E-state index in [2.05, 4.69) is 22.1 Å². The summed E-state index contributed by atoms with van der Waals surface area (Å²) in [7, 11) is 0. The number of aromatic nitrogens is 2. The Morgan fingerprint density at radius 2 is 1.92 bits per heavy atom. The molecule has 0 atom stereocenters. The van der Waals surface area contributed by atoms with Gasteiger partial charge in [-0.05, 0) is 39.2 Å². The van der Waals surface area contributed by atoms with E-state index in [1.54, 1.807) is 0 Å². The Morgan fingerprint density at radius 3 is 2.56 bits per heavy atom. The molecule has 2 aromatic rings. The minimum absolute atomic E-state index is 0.208. The van der Waals surface area contributed by atoms with Crippen molar-refractivity contribution in [2.75, 3.05) is 13.1 Å². The Kier molecular flexibility index (Phi) is 5.11. The number of benzene rings is 1. The van der Waals surface area contributed by atoms with E-state index >= 15 is 0 Å². The maximum absolute atomic E-state index is 12.1. The fourth-order valence-corrected chi connectivity index (χ4v) is 3.16. The molecule has 0 unspecified atom stereocenters. The minimum Gasteiger partial charge on any atom is -0.444 e. The molecule has 5 heteroatoms. The first-order valence-electron chi connectivity index (χ1n) is 8.96. The van der Waals surface area contributed by atoms with Crippen LogP contribution >= 0.6 is 0 Å². The third kappa shape index (κ3) is 4.84. The van der Waals surface area contributed by atoms with Gasteiger partial charge in [0.15, 0.2) is 0 Å². The van der Waals surface area contributed by atoms with E-state index in [0.717, 1.165) is 38.2 Å². The Hall–Kier alpha value is -2.30. The molecular weight excluding hydrogens is 314 g/mol. The second kappa shape index (κ2) is 7.30. The number of likely N-dealkylation sites (tertiary alicyclic amines) is 1. The van der Waals surface area contributed by atoms with Crippen LogP contribution in [0.4, 0.5) is 4.79 Å². The first-order valence-corrected chi connectivity index (χ1v) is 8.96. The van der Waals surface area contributed by atoms with E-state index in [4.69, 9.17) is 4.74 Å². The van der Waals surface area contributed by atoms with Crippen molar-refractivity contribution in [2.24, 2.45) is 0 Å². The van der Waals surface area contributed by atoms with Crippen LogP contribution in [-0.2, 0) is 11.2 Å². The van der Waals surface area contributed by atoms with Crippen LogP contribution in [0, 0.1) is 0 Å². The summed E-state index contributed by atoms with van der Waals surface area (Å²) in [6.07, 6.45) is 4.43. The summed E-state index contributed by atoms with van der Waals surface area (Å²) >= 11 is 0. The number of carbonyl (C=O) groups is 1. The van der Waals surface area contributed by atoms with Gasteiger partial charge in [-0.15, -0.1) is 0 Å². The molecular formula is C20H27N3O2. The van der Waals surface area contributed by atoms with Gasteiger partial charge in [0.1, 0.15) is 11.4 Å². The Morgan fingerprint density at radius 1 is 1.24 bits per heavy atom. The van der Waals surface area contributed by atoms with E-state index < -0.39 is 5.60 Å². The van der Waals surface area contributed by atoms with Crippen molar-refractivity contribution < 1.29 is 9.53 Å². The molecule has 1 fully saturated rings. The van der Waals surface area contributed by atoms with Gasteiger partial charge < -0.3 is 14.6 Å². The van der Waals surface area contributed by atoms with Gasteiger partial charge in [-0.25, -0.2) is 9.78 Å². The number of aromatic amines is 1. The topological polar surface area (TPSA) is 58.2 Å². The van der Waals surface area contributed by atoms with Crippen molar-refractivity contribution in [3.8, 4) is 0 Å². The molecule has 0 spiro atoms. The quantitative estimate of drug-likeness (QED) is 0.914. The zero-order valence-electron chi connectivity index (χ0n) is 15.3. The number of nitrogens with zero attached hydrogens (tertiary/aromatic N) is 2. The van der Waals surface area contributed by atoms with Gasteiger partial charge in [-0.3, -0.25) is 0 Å². The van der Waals surface area contributed by atoms with Crippen molar-refractivity contribution in [3.05, 3.63) is 53.6 Å². The fourth-order valence-electron chi connectivity index (χ4n) is 3.16. The predicted molar refractivity (Wildman–Crippen MR) is 97.6 cm³/mol. The number of H-pyrrole nitrogens is 1. The van der Waals surface area contributed by atoms with Crippen molar-refractivity contribution in [1.82, 2.24) is 14.9 Å². The van der Waals surface area contributed by atoms with Crippen LogP contribution in [0.3, 0.4) is 0 Å².